The van der Waals surface area contributed by atoms with E-state index in [1.54, 1.807) is 23.3 Å². The minimum absolute atomic E-state index is 0.334. The second-order valence-electron chi connectivity index (χ2n) is 5.88. The lowest BCUT2D eigenvalue weighted by Crippen LogP contribution is -2.20. The molecule has 0 aliphatic rings. The molecule has 2 heterocycles. The number of anilines is 2. The Morgan fingerprint density at radius 2 is 1.72 bits per heavy atom. The van der Waals surface area contributed by atoms with Crippen molar-refractivity contribution in [3.05, 3.63) is 59.4 Å². The average Bonchev–Trinajstić information content (AvgIpc) is 2.92. The monoisotopic (exact) mass is 336 g/mol. The van der Waals surface area contributed by atoms with Crippen LogP contribution in [0.5, 0.6) is 0 Å². The molecule has 0 saturated carbocycles. The summed E-state index contributed by atoms with van der Waals surface area (Å²) < 4.78 is 1.80. The summed E-state index contributed by atoms with van der Waals surface area (Å²) in [7, 11) is 0. The molecule has 25 heavy (non-hydrogen) atoms. The van der Waals surface area contributed by atoms with Crippen molar-refractivity contribution in [3.63, 3.8) is 0 Å². The van der Waals surface area contributed by atoms with Crippen molar-refractivity contribution in [1.29, 1.82) is 0 Å². The van der Waals surface area contributed by atoms with Gasteiger partial charge in [0.2, 0.25) is 5.95 Å². The number of benzene rings is 1. The average molecular weight is 336 g/mol. The molecule has 3 rings (SSSR count). The fourth-order valence-corrected chi connectivity index (χ4v) is 2.38. The molecule has 0 bridgehead atoms. The molecule has 2 amide bonds. The Hall–Kier alpha value is -3.22. The highest BCUT2D eigenvalue weighted by atomic mass is 16.2. The third-order valence-electron chi connectivity index (χ3n) is 4.22. The third-order valence-corrected chi connectivity index (χ3v) is 4.22. The summed E-state index contributed by atoms with van der Waals surface area (Å²) in [5, 5.41) is 5.57. The van der Waals surface area contributed by atoms with E-state index >= 15 is 0 Å². The van der Waals surface area contributed by atoms with E-state index in [1.165, 1.54) is 0 Å². The summed E-state index contributed by atoms with van der Waals surface area (Å²) in [4.78, 5) is 25.0. The number of amides is 2. The van der Waals surface area contributed by atoms with Crippen molar-refractivity contribution < 1.29 is 4.79 Å². The van der Waals surface area contributed by atoms with E-state index < -0.39 is 0 Å². The highest BCUT2D eigenvalue weighted by Gasteiger charge is 2.09. The normalized spacial score (nSPS) is 10.6. The lowest BCUT2D eigenvalue weighted by molar-refractivity contribution is 0.262. The van der Waals surface area contributed by atoms with Crippen molar-refractivity contribution in [2.24, 2.45) is 0 Å². The van der Waals surface area contributed by atoms with Crippen molar-refractivity contribution in [1.82, 2.24) is 19.5 Å². The van der Waals surface area contributed by atoms with Gasteiger partial charge in [-0.1, -0.05) is 12.1 Å². The zero-order chi connectivity index (χ0) is 18.0. The number of aryl methyl sites for hydroxylation is 2. The van der Waals surface area contributed by atoms with Gasteiger partial charge in [-0.25, -0.2) is 19.7 Å². The smallest absolute Gasteiger partial charge is 0.307 e. The molecule has 0 fully saturated rings. The van der Waals surface area contributed by atoms with Gasteiger partial charge in [-0.05, 0) is 44.9 Å². The number of carbonyl (C=O) groups is 1. The molecule has 2 N–H and O–H groups in total. The van der Waals surface area contributed by atoms with Crippen LogP contribution in [0.15, 0.2) is 36.9 Å². The van der Waals surface area contributed by atoms with Crippen LogP contribution < -0.4 is 10.6 Å². The fourth-order valence-electron chi connectivity index (χ4n) is 2.38. The number of hydrogen-bond acceptors (Lipinski definition) is 4. The number of aromatic nitrogens is 4. The van der Waals surface area contributed by atoms with E-state index in [-0.39, 0.29) is 6.03 Å². The first-order chi connectivity index (χ1) is 12.0. The fraction of sp³-hybridized carbons (Fsp3) is 0.222. The van der Waals surface area contributed by atoms with Gasteiger partial charge in [0.05, 0.1) is 23.8 Å². The first-order valence-corrected chi connectivity index (χ1v) is 7.93. The van der Waals surface area contributed by atoms with Crippen LogP contribution in [0.25, 0.3) is 5.95 Å². The summed E-state index contributed by atoms with van der Waals surface area (Å²) in [6, 6.07) is 5.45. The largest absolute Gasteiger partial charge is 0.323 e. The van der Waals surface area contributed by atoms with E-state index in [0.717, 1.165) is 28.2 Å². The maximum Gasteiger partial charge on any atom is 0.323 e. The molecule has 0 unspecified atom stereocenters. The maximum atomic E-state index is 12.2. The quantitative estimate of drug-likeness (QED) is 0.766. The number of rotatable bonds is 3. The third kappa shape index (κ3) is 3.50. The predicted molar refractivity (Wildman–Crippen MR) is 97.2 cm³/mol. The zero-order valence-electron chi connectivity index (χ0n) is 14.7. The molecule has 0 radical (unpaired) electrons. The molecule has 0 spiro atoms. The Bertz CT molecular complexity index is 914. The van der Waals surface area contributed by atoms with Gasteiger partial charge >= 0.3 is 6.03 Å². The minimum Gasteiger partial charge on any atom is -0.307 e. The number of nitrogens with zero attached hydrogens (tertiary/aromatic N) is 4. The van der Waals surface area contributed by atoms with Crippen LogP contribution in [-0.2, 0) is 0 Å². The van der Waals surface area contributed by atoms with Crippen LogP contribution in [0.4, 0.5) is 16.2 Å². The van der Waals surface area contributed by atoms with Crippen LogP contribution in [0.3, 0.4) is 0 Å². The summed E-state index contributed by atoms with van der Waals surface area (Å²) >= 11 is 0. The molecule has 1 aromatic carbocycles. The zero-order valence-corrected chi connectivity index (χ0v) is 14.7. The first kappa shape index (κ1) is 16.6. The van der Waals surface area contributed by atoms with Gasteiger partial charge in [0.15, 0.2) is 0 Å². The minimum atomic E-state index is -0.334. The summed E-state index contributed by atoms with van der Waals surface area (Å²) in [5.41, 5.74) is 5.36. The van der Waals surface area contributed by atoms with Crippen LogP contribution in [0.1, 0.15) is 22.5 Å². The number of hydrogen-bond donors (Lipinski definition) is 2. The van der Waals surface area contributed by atoms with Crippen LogP contribution in [0, 0.1) is 27.7 Å². The Labute approximate surface area is 146 Å². The molecule has 3 aromatic rings. The standard InChI is InChI=1S/C18H20N6O/c1-11-6-5-7-16(12(11)2)23-18(25)22-15-8-19-17(20-9-15)24-10-21-13(3)14(24)4/h5-10H,1-4H3,(H2,22,23,25). The van der Waals surface area contributed by atoms with Crippen molar-refractivity contribution in [2.45, 2.75) is 27.7 Å². The van der Waals surface area contributed by atoms with E-state index in [9.17, 15) is 4.79 Å². The predicted octanol–water partition coefficient (Wildman–Crippen LogP) is 3.54. The molecule has 0 aliphatic heterocycles. The SMILES string of the molecule is Cc1cccc(NC(=O)Nc2cnc(-n3cnc(C)c3C)nc2)c1C. The highest BCUT2D eigenvalue weighted by molar-refractivity contribution is 6.00. The molecule has 2 aromatic heterocycles. The topological polar surface area (TPSA) is 84.7 Å². The van der Waals surface area contributed by atoms with Gasteiger partial charge in [-0.2, -0.15) is 0 Å². The number of carbonyl (C=O) groups excluding carboxylic acids is 1. The molecule has 128 valence electrons. The molecule has 7 heteroatoms. The Balaban J connectivity index is 1.70. The lowest BCUT2D eigenvalue weighted by atomic mass is 10.1. The summed E-state index contributed by atoms with van der Waals surface area (Å²) in [5.74, 6) is 0.513. The summed E-state index contributed by atoms with van der Waals surface area (Å²) in [6.45, 7) is 7.86. The lowest BCUT2D eigenvalue weighted by Gasteiger charge is -2.11. The van der Waals surface area contributed by atoms with Gasteiger partial charge in [-0.15, -0.1) is 0 Å². The summed E-state index contributed by atoms with van der Waals surface area (Å²) in [6.07, 6.45) is 4.82. The second-order valence-corrected chi connectivity index (χ2v) is 5.88. The van der Waals surface area contributed by atoms with Gasteiger partial charge in [0.1, 0.15) is 6.33 Å². The van der Waals surface area contributed by atoms with Gasteiger partial charge in [0, 0.05) is 11.4 Å². The van der Waals surface area contributed by atoms with Gasteiger partial charge < -0.3 is 10.6 Å². The van der Waals surface area contributed by atoms with Gasteiger partial charge in [-0.3, -0.25) is 4.57 Å². The van der Waals surface area contributed by atoms with Crippen LogP contribution in [-0.4, -0.2) is 25.6 Å². The van der Waals surface area contributed by atoms with E-state index in [4.69, 9.17) is 0 Å². The molecule has 0 aliphatic carbocycles. The molecule has 7 nitrogen and oxygen atoms in total. The highest BCUT2D eigenvalue weighted by Crippen LogP contribution is 2.18. The molecular formula is C18H20N6O. The molecular weight excluding hydrogens is 316 g/mol. The van der Waals surface area contributed by atoms with Crippen LogP contribution in [0.2, 0.25) is 0 Å². The number of urea groups is 1. The Morgan fingerprint density at radius 3 is 2.36 bits per heavy atom. The van der Waals surface area contributed by atoms with E-state index in [0.29, 0.717) is 11.6 Å². The van der Waals surface area contributed by atoms with Crippen molar-refractivity contribution in [3.8, 4) is 5.95 Å². The van der Waals surface area contributed by atoms with Crippen molar-refractivity contribution in [2.75, 3.05) is 10.6 Å². The van der Waals surface area contributed by atoms with Crippen LogP contribution >= 0.6 is 0 Å². The number of nitrogens with one attached hydrogen (secondary N) is 2. The Morgan fingerprint density at radius 1 is 1.00 bits per heavy atom. The Kier molecular flexibility index (Phi) is 4.47. The maximum absolute atomic E-state index is 12.2. The van der Waals surface area contributed by atoms with Gasteiger partial charge in [0.25, 0.3) is 0 Å². The van der Waals surface area contributed by atoms with E-state index in [2.05, 4.69) is 25.6 Å². The second kappa shape index (κ2) is 6.72. The first-order valence-electron chi connectivity index (χ1n) is 7.93. The number of imidazole rings is 1. The molecule has 0 saturated heterocycles. The van der Waals surface area contributed by atoms with E-state index in [1.807, 2.05) is 45.9 Å². The molecule has 0 atom stereocenters. The van der Waals surface area contributed by atoms with Crippen molar-refractivity contribution >= 4 is 17.4 Å².